The molecule has 1 fully saturated rings. The van der Waals surface area contributed by atoms with E-state index < -0.39 is 0 Å². The summed E-state index contributed by atoms with van der Waals surface area (Å²) in [5, 5.41) is 3.41. The normalized spacial score (nSPS) is 16.1. The first-order valence-corrected chi connectivity index (χ1v) is 8.12. The number of rotatable bonds is 8. The van der Waals surface area contributed by atoms with Crippen LogP contribution in [0.3, 0.4) is 0 Å². The number of aryl methyl sites for hydroxylation is 1. The molecule has 20 heavy (non-hydrogen) atoms. The van der Waals surface area contributed by atoms with E-state index in [1.807, 2.05) is 0 Å². The Bertz CT molecular complexity index is 407. The van der Waals surface area contributed by atoms with Crippen molar-refractivity contribution in [2.24, 2.45) is 5.92 Å². The summed E-state index contributed by atoms with van der Waals surface area (Å²) in [4.78, 5) is 2.56. The fraction of sp³-hybridized carbons (Fsp3) is 0.765. The molecule has 3 nitrogen and oxygen atoms in total. The van der Waals surface area contributed by atoms with Crippen LogP contribution in [-0.2, 0) is 13.1 Å². The molecule has 0 unspecified atom stereocenters. The van der Waals surface area contributed by atoms with Gasteiger partial charge in [0.15, 0.2) is 0 Å². The minimum Gasteiger partial charge on any atom is -0.465 e. The van der Waals surface area contributed by atoms with Gasteiger partial charge in [0.2, 0.25) is 0 Å². The summed E-state index contributed by atoms with van der Waals surface area (Å²) in [5.74, 6) is 3.08. The lowest BCUT2D eigenvalue weighted by Crippen LogP contribution is -2.32. The third-order valence-electron chi connectivity index (χ3n) is 4.34. The Kier molecular flexibility index (Phi) is 5.67. The zero-order valence-corrected chi connectivity index (χ0v) is 13.5. The molecule has 1 aromatic heterocycles. The van der Waals surface area contributed by atoms with Crippen LogP contribution < -0.4 is 5.32 Å². The first-order valence-electron chi connectivity index (χ1n) is 8.12. The molecule has 1 N–H and O–H groups in total. The Morgan fingerprint density at radius 2 is 2.15 bits per heavy atom. The lowest BCUT2D eigenvalue weighted by molar-refractivity contribution is 0.177. The maximum atomic E-state index is 5.87. The number of nitrogens with one attached hydrogen (secondary N) is 1. The van der Waals surface area contributed by atoms with Crippen molar-refractivity contribution in [2.45, 2.75) is 66.1 Å². The van der Waals surface area contributed by atoms with Crippen molar-refractivity contribution in [2.75, 3.05) is 13.1 Å². The SMILES string of the molecule is CCN(Cc1cc(CNC(C)C)oc1C)CC1CCC1. The van der Waals surface area contributed by atoms with E-state index in [2.05, 4.69) is 44.0 Å². The topological polar surface area (TPSA) is 28.4 Å². The molecule has 0 aromatic carbocycles. The quantitative estimate of drug-likeness (QED) is 0.786. The molecule has 0 atom stereocenters. The van der Waals surface area contributed by atoms with Gasteiger partial charge in [-0.25, -0.2) is 0 Å². The second-order valence-corrected chi connectivity index (χ2v) is 6.45. The van der Waals surface area contributed by atoms with Crippen molar-refractivity contribution in [1.82, 2.24) is 10.2 Å². The van der Waals surface area contributed by atoms with E-state index in [1.54, 1.807) is 0 Å². The Labute approximate surface area is 123 Å². The van der Waals surface area contributed by atoms with Gasteiger partial charge in [0.25, 0.3) is 0 Å². The molecule has 1 aliphatic rings. The summed E-state index contributed by atoms with van der Waals surface area (Å²) in [7, 11) is 0. The molecule has 0 amide bonds. The number of furan rings is 1. The highest BCUT2D eigenvalue weighted by Crippen LogP contribution is 2.28. The largest absolute Gasteiger partial charge is 0.465 e. The third-order valence-corrected chi connectivity index (χ3v) is 4.34. The van der Waals surface area contributed by atoms with E-state index in [0.717, 1.165) is 37.1 Å². The zero-order valence-electron chi connectivity index (χ0n) is 13.5. The molecule has 3 heteroatoms. The molecule has 0 spiro atoms. The van der Waals surface area contributed by atoms with Crippen molar-refractivity contribution >= 4 is 0 Å². The highest BCUT2D eigenvalue weighted by molar-refractivity contribution is 5.20. The molecule has 0 bridgehead atoms. The smallest absolute Gasteiger partial charge is 0.118 e. The van der Waals surface area contributed by atoms with Gasteiger partial charge in [-0.05, 0) is 38.3 Å². The van der Waals surface area contributed by atoms with E-state index >= 15 is 0 Å². The monoisotopic (exact) mass is 278 g/mol. The van der Waals surface area contributed by atoms with Crippen molar-refractivity contribution in [3.05, 3.63) is 23.2 Å². The summed E-state index contributed by atoms with van der Waals surface area (Å²) >= 11 is 0. The van der Waals surface area contributed by atoms with Gasteiger partial charge in [0.05, 0.1) is 6.54 Å². The van der Waals surface area contributed by atoms with Crippen LogP contribution in [0.5, 0.6) is 0 Å². The van der Waals surface area contributed by atoms with Crippen LogP contribution in [0.25, 0.3) is 0 Å². The van der Waals surface area contributed by atoms with E-state index in [-0.39, 0.29) is 0 Å². The van der Waals surface area contributed by atoms with Gasteiger partial charge < -0.3 is 9.73 Å². The van der Waals surface area contributed by atoms with Crippen molar-refractivity contribution in [3.63, 3.8) is 0 Å². The molecular weight excluding hydrogens is 248 g/mol. The maximum Gasteiger partial charge on any atom is 0.118 e. The highest BCUT2D eigenvalue weighted by Gasteiger charge is 2.21. The molecule has 0 aliphatic heterocycles. The molecule has 0 saturated heterocycles. The van der Waals surface area contributed by atoms with Crippen LogP contribution in [-0.4, -0.2) is 24.0 Å². The van der Waals surface area contributed by atoms with Gasteiger partial charge in [-0.3, -0.25) is 4.90 Å². The van der Waals surface area contributed by atoms with Crippen LogP contribution in [0.1, 0.15) is 57.1 Å². The zero-order chi connectivity index (χ0) is 14.5. The first kappa shape index (κ1) is 15.6. The Morgan fingerprint density at radius 1 is 1.40 bits per heavy atom. The lowest BCUT2D eigenvalue weighted by Gasteiger charge is -2.31. The highest BCUT2D eigenvalue weighted by atomic mass is 16.3. The van der Waals surface area contributed by atoms with Crippen LogP contribution in [0, 0.1) is 12.8 Å². The molecule has 1 heterocycles. The first-order chi connectivity index (χ1) is 9.58. The summed E-state index contributed by atoms with van der Waals surface area (Å²) in [5.41, 5.74) is 1.35. The molecule has 1 aromatic rings. The van der Waals surface area contributed by atoms with Gasteiger partial charge in [-0.15, -0.1) is 0 Å². The van der Waals surface area contributed by atoms with Gasteiger partial charge in [-0.2, -0.15) is 0 Å². The van der Waals surface area contributed by atoms with Crippen molar-refractivity contribution in [1.29, 1.82) is 0 Å². The maximum absolute atomic E-state index is 5.87. The number of nitrogens with zero attached hydrogens (tertiary/aromatic N) is 1. The van der Waals surface area contributed by atoms with Crippen molar-refractivity contribution < 1.29 is 4.42 Å². The van der Waals surface area contributed by atoms with Crippen LogP contribution >= 0.6 is 0 Å². The second kappa shape index (κ2) is 7.28. The van der Waals surface area contributed by atoms with Gasteiger partial charge in [0, 0.05) is 24.7 Å². The van der Waals surface area contributed by atoms with E-state index in [0.29, 0.717) is 6.04 Å². The van der Waals surface area contributed by atoms with Gasteiger partial charge in [-0.1, -0.05) is 27.2 Å². The van der Waals surface area contributed by atoms with Crippen molar-refractivity contribution in [3.8, 4) is 0 Å². The average Bonchev–Trinajstić information content (AvgIpc) is 2.70. The molecule has 114 valence electrons. The van der Waals surface area contributed by atoms with Crippen LogP contribution in [0.4, 0.5) is 0 Å². The van der Waals surface area contributed by atoms with E-state index in [1.165, 1.54) is 31.4 Å². The minimum atomic E-state index is 0.495. The van der Waals surface area contributed by atoms with E-state index in [4.69, 9.17) is 4.42 Å². The Balaban J connectivity index is 1.89. The summed E-state index contributed by atoms with van der Waals surface area (Å²) in [6, 6.07) is 2.73. The second-order valence-electron chi connectivity index (χ2n) is 6.45. The fourth-order valence-electron chi connectivity index (χ4n) is 2.72. The lowest BCUT2D eigenvalue weighted by atomic mass is 9.85. The fourth-order valence-corrected chi connectivity index (χ4v) is 2.72. The standard InChI is InChI=1S/C17H30N2O/c1-5-19(11-15-7-6-8-15)12-16-9-17(20-14(16)4)10-18-13(2)3/h9,13,15,18H,5-8,10-12H2,1-4H3. The third kappa shape index (κ3) is 4.35. The molecule has 1 saturated carbocycles. The summed E-state index contributed by atoms with van der Waals surface area (Å²) < 4.78 is 5.87. The predicted molar refractivity (Wildman–Crippen MR) is 83.7 cm³/mol. The Hall–Kier alpha value is -0.800. The Morgan fingerprint density at radius 3 is 2.70 bits per heavy atom. The number of hydrogen-bond acceptors (Lipinski definition) is 3. The van der Waals surface area contributed by atoms with E-state index in [9.17, 15) is 0 Å². The van der Waals surface area contributed by atoms with Gasteiger partial charge >= 0.3 is 0 Å². The molecule has 0 radical (unpaired) electrons. The molecule has 1 aliphatic carbocycles. The summed E-state index contributed by atoms with van der Waals surface area (Å²) in [6.07, 6.45) is 4.27. The van der Waals surface area contributed by atoms with Gasteiger partial charge in [0.1, 0.15) is 11.5 Å². The average molecular weight is 278 g/mol. The number of hydrogen-bond donors (Lipinski definition) is 1. The van der Waals surface area contributed by atoms with Crippen LogP contribution in [0.15, 0.2) is 10.5 Å². The predicted octanol–water partition coefficient (Wildman–Crippen LogP) is 3.71. The molecular formula is C17H30N2O. The molecule has 2 rings (SSSR count). The minimum absolute atomic E-state index is 0.495. The summed E-state index contributed by atoms with van der Waals surface area (Å²) in [6.45, 7) is 12.9. The van der Waals surface area contributed by atoms with Crippen LogP contribution in [0.2, 0.25) is 0 Å².